The van der Waals surface area contributed by atoms with E-state index < -0.39 is 0 Å². The molecule has 1 N–H and O–H groups in total. The second-order valence-electron chi connectivity index (χ2n) is 7.34. The predicted octanol–water partition coefficient (Wildman–Crippen LogP) is 3.29. The molecule has 1 aliphatic heterocycles. The third kappa shape index (κ3) is 3.79. The molecule has 0 saturated carbocycles. The zero-order valence-corrected chi connectivity index (χ0v) is 15.0. The number of nitrogens with one attached hydrogen (secondary N) is 1. The first-order valence-electron chi connectivity index (χ1n) is 8.47. The number of aromatic amines is 1. The highest BCUT2D eigenvalue weighted by atomic mass is 16.5. The molecule has 0 aliphatic carbocycles. The van der Waals surface area contributed by atoms with Crippen molar-refractivity contribution in [1.29, 1.82) is 0 Å². The number of benzene rings is 1. The zero-order chi connectivity index (χ0) is 17.2. The maximum Gasteiger partial charge on any atom is 0.126 e. The number of hydrogen-bond donors (Lipinski definition) is 1. The van der Waals surface area contributed by atoms with Gasteiger partial charge in [0, 0.05) is 30.4 Å². The van der Waals surface area contributed by atoms with Crippen molar-refractivity contribution in [3.63, 3.8) is 0 Å². The Bertz CT molecular complexity index is 658. The summed E-state index contributed by atoms with van der Waals surface area (Å²) in [5, 5.41) is 0. The summed E-state index contributed by atoms with van der Waals surface area (Å²) in [5.74, 6) is 1.88. The lowest BCUT2D eigenvalue weighted by molar-refractivity contribution is -0.0157. The van der Waals surface area contributed by atoms with Crippen molar-refractivity contribution in [2.75, 3.05) is 26.9 Å². The van der Waals surface area contributed by atoms with Crippen molar-refractivity contribution in [2.24, 2.45) is 0 Å². The van der Waals surface area contributed by atoms with Crippen LogP contribution < -0.4 is 4.74 Å². The maximum atomic E-state index is 5.71. The third-order valence-corrected chi connectivity index (χ3v) is 4.50. The van der Waals surface area contributed by atoms with Gasteiger partial charge in [0.2, 0.25) is 0 Å². The Morgan fingerprint density at radius 3 is 2.67 bits per heavy atom. The molecule has 2 heterocycles. The van der Waals surface area contributed by atoms with Gasteiger partial charge < -0.3 is 14.5 Å². The Morgan fingerprint density at radius 1 is 1.29 bits per heavy atom. The molecule has 24 heavy (non-hydrogen) atoms. The standard InChI is InChI=1S/C19H27N3O2/c1-19(2,3)17-11-20-18(21-17)16-13-24-10-9-22(16)12-14-5-7-15(23-4)8-6-14/h5-8,11,16H,9-10,12-13H2,1-4H3,(H,20,21)/t16-/m0/s1. The Kier molecular flexibility index (Phi) is 4.92. The van der Waals surface area contributed by atoms with Gasteiger partial charge in [-0.05, 0) is 17.7 Å². The fourth-order valence-electron chi connectivity index (χ4n) is 2.93. The minimum absolute atomic E-state index is 0.0710. The smallest absolute Gasteiger partial charge is 0.126 e. The second kappa shape index (κ2) is 6.95. The van der Waals surface area contributed by atoms with Crippen molar-refractivity contribution in [3.8, 4) is 5.75 Å². The molecule has 3 rings (SSSR count). The Morgan fingerprint density at radius 2 is 2.04 bits per heavy atom. The molecule has 1 saturated heterocycles. The third-order valence-electron chi connectivity index (χ3n) is 4.50. The van der Waals surface area contributed by atoms with Crippen LogP contribution in [0.4, 0.5) is 0 Å². The summed E-state index contributed by atoms with van der Waals surface area (Å²) < 4.78 is 10.9. The molecule has 130 valence electrons. The Labute approximate surface area is 144 Å². The molecule has 5 nitrogen and oxygen atoms in total. The number of morpholine rings is 1. The van der Waals surface area contributed by atoms with Gasteiger partial charge in [0.05, 0.1) is 26.4 Å². The molecule has 0 amide bonds. The average Bonchev–Trinajstić information content (AvgIpc) is 3.06. The molecule has 5 heteroatoms. The van der Waals surface area contributed by atoms with Crippen molar-refractivity contribution in [1.82, 2.24) is 14.9 Å². The van der Waals surface area contributed by atoms with E-state index in [1.54, 1.807) is 7.11 Å². The van der Waals surface area contributed by atoms with Crippen LogP contribution in [0.5, 0.6) is 5.75 Å². The summed E-state index contributed by atoms with van der Waals surface area (Å²) >= 11 is 0. The van der Waals surface area contributed by atoms with E-state index in [4.69, 9.17) is 9.47 Å². The summed E-state index contributed by atoms with van der Waals surface area (Å²) in [7, 11) is 1.69. The molecule has 2 aromatic rings. The first-order valence-corrected chi connectivity index (χ1v) is 8.47. The van der Waals surface area contributed by atoms with Crippen LogP contribution in [-0.4, -0.2) is 41.7 Å². The normalized spacial score (nSPS) is 19.4. The van der Waals surface area contributed by atoms with Gasteiger partial charge in [0.15, 0.2) is 0 Å². The zero-order valence-electron chi connectivity index (χ0n) is 15.0. The van der Waals surface area contributed by atoms with Crippen LogP contribution in [-0.2, 0) is 16.7 Å². The highest BCUT2D eigenvalue weighted by Gasteiger charge is 2.28. The molecule has 0 spiro atoms. The molecule has 0 unspecified atom stereocenters. The Hall–Kier alpha value is -1.85. The van der Waals surface area contributed by atoms with Gasteiger partial charge in [-0.3, -0.25) is 4.90 Å². The van der Waals surface area contributed by atoms with Gasteiger partial charge in [-0.2, -0.15) is 0 Å². The minimum Gasteiger partial charge on any atom is -0.497 e. The molecule has 0 radical (unpaired) electrons. The second-order valence-corrected chi connectivity index (χ2v) is 7.34. The van der Waals surface area contributed by atoms with Crippen molar-refractivity contribution < 1.29 is 9.47 Å². The van der Waals surface area contributed by atoms with E-state index in [0.29, 0.717) is 6.61 Å². The van der Waals surface area contributed by atoms with E-state index >= 15 is 0 Å². The molecule has 1 aromatic heterocycles. The van der Waals surface area contributed by atoms with Crippen LogP contribution in [0, 0.1) is 0 Å². The number of rotatable bonds is 4. The summed E-state index contributed by atoms with van der Waals surface area (Å²) in [6.07, 6.45) is 1.95. The molecule has 0 bridgehead atoms. The minimum atomic E-state index is 0.0710. The lowest BCUT2D eigenvalue weighted by Gasteiger charge is -2.34. The largest absolute Gasteiger partial charge is 0.497 e. The fraction of sp³-hybridized carbons (Fsp3) is 0.526. The summed E-state index contributed by atoms with van der Waals surface area (Å²) in [4.78, 5) is 10.6. The van der Waals surface area contributed by atoms with E-state index in [9.17, 15) is 0 Å². The van der Waals surface area contributed by atoms with Crippen molar-refractivity contribution >= 4 is 0 Å². The highest BCUT2D eigenvalue weighted by Crippen LogP contribution is 2.27. The van der Waals surface area contributed by atoms with E-state index in [-0.39, 0.29) is 11.5 Å². The van der Waals surface area contributed by atoms with E-state index in [1.165, 1.54) is 5.56 Å². The van der Waals surface area contributed by atoms with Crippen LogP contribution in [0.3, 0.4) is 0 Å². The number of aromatic nitrogens is 2. The lowest BCUT2D eigenvalue weighted by Crippen LogP contribution is -2.39. The predicted molar refractivity (Wildman–Crippen MR) is 94.3 cm³/mol. The first-order chi connectivity index (χ1) is 11.5. The number of methoxy groups -OCH3 is 1. The van der Waals surface area contributed by atoms with Crippen molar-refractivity contribution in [3.05, 3.63) is 47.5 Å². The number of H-pyrrole nitrogens is 1. The maximum absolute atomic E-state index is 5.71. The van der Waals surface area contributed by atoms with Gasteiger partial charge >= 0.3 is 0 Å². The van der Waals surface area contributed by atoms with Gasteiger partial charge in [0.25, 0.3) is 0 Å². The van der Waals surface area contributed by atoms with Crippen molar-refractivity contribution in [2.45, 2.75) is 38.8 Å². The molecular formula is C19H27N3O2. The van der Waals surface area contributed by atoms with Crippen LogP contribution in [0.2, 0.25) is 0 Å². The lowest BCUT2D eigenvalue weighted by atomic mass is 9.93. The van der Waals surface area contributed by atoms with Gasteiger partial charge in [0.1, 0.15) is 11.6 Å². The first kappa shape index (κ1) is 17.0. The monoisotopic (exact) mass is 329 g/mol. The number of imidazole rings is 1. The average molecular weight is 329 g/mol. The van der Waals surface area contributed by atoms with E-state index in [0.717, 1.165) is 37.0 Å². The molecule has 1 atom stereocenters. The van der Waals surface area contributed by atoms with E-state index in [1.807, 2.05) is 18.3 Å². The molecule has 1 aliphatic rings. The van der Waals surface area contributed by atoms with Gasteiger partial charge in [-0.15, -0.1) is 0 Å². The number of hydrogen-bond acceptors (Lipinski definition) is 4. The summed E-state index contributed by atoms with van der Waals surface area (Å²) in [6.45, 7) is 9.79. The summed E-state index contributed by atoms with van der Waals surface area (Å²) in [6, 6.07) is 8.42. The topological polar surface area (TPSA) is 50.4 Å². The molecule has 1 aromatic carbocycles. The fourth-order valence-corrected chi connectivity index (χ4v) is 2.93. The molecular weight excluding hydrogens is 302 g/mol. The van der Waals surface area contributed by atoms with Crippen LogP contribution in [0.1, 0.15) is 43.9 Å². The highest BCUT2D eigenvalue weighted by molar-refractivity contribution is 5.27. The number of nitrogens with zero attached hydrogens (tertiary/aromatic N) is 2. The SMILES string of the molecule is COc1ccc(CN2CCOC[C@H]2c2ncc(C(C)(C)C)[nH]2)cc1. The number of ether oxygens (including phenoxy) is 2. The van der Waals surface area contributed by atoms with Crippen LogP contribution >= 0.6 is 0 Å². The Balaban J connectivity index is 1.76. The van der Waals surface area contributed by atoms with Crippen LogP contribution in [0.25, 0.3) is 0 Å². The van der Waals surface area contributed by atoms with Crippen LogP contribution in [0.15, 0.2) is 30.5 Å². The van der Waals surface area contributed by atoms with Gasteiger partial charge in [-0.1, -0.05) is 32.9 Å². The van der Waals surface area contributed by atoms with Gasteiger partial charge in [-0.25, -0.2) is 4.98 Å². The van der Waals surface area contributed by atoms with E-state index in [2.05, 4.69) is 47.8 Å². The molecule has 1 fully saturated rings. The quantitative estimate of drug-likeness (QED) is 0.935. The summed E-state index contributed by atoms with van der Waals surface area (Å²) in [5.41, 5.74) is 2.50.